The fourth-order valence-corrected chi connectivity index (χ4v) is 3.72. The van der Waals surface area contributed by atoms with Gasteiger partial charge in [-0.05, 0) is 49.9 Å². The summed E-state index contributed by atoms with van der Waals surface area (Å²) in [6.45, 7) is 4.93. The summed E-state index contributed by atoms with van der Waals surface area (Å²) in [5.74, 6) is -0.982. The van der Waals surface area contributed by atoms with E-state index in [1.165, 1.54) is 7.11 Å². The van der Waals surface area contributed by atoms with E-state index in [1.54, 1.807) is 11.2 Å². The van der Waals surface area contributed by atoms with Gasteiger partial charge in [0.25, 0.3) is 0 Å². The third-order valence-corrected chi connectivity index (χ3v) is 5.42. The molecule has 1 amide bonds. The number of piperidine rings is 1. The molecular formula is C20H25NO5. The maximum atomic E-state index is 12.8. The number of amides is 1. The summed E-state index contributed by atoms with van der Waals surface area (Å²) in [6, 6.07) is 4.02. The Kier molecular flexibility index (Phi) is 5.05. The average Bonchev–Trinajstić information content (AvgIpc) is 2.97. The molecule has 6 heteroatoms. The molecule has 0 bridgehead atoms. The van der Waals surface area contributed by atoms with Crippen molar-refractivity contribution in [3.63, 3.8) is 0 Å². The molecule has 0 aliphatic carbocycles. The third-order valence-electron chi connectivity index (χ3n) is 5.42. The second-order valence-electron chi connectivity index (χ2n) is 7.31. The number of aryl methyl sites for hydroxylation is 2. The SMILES string of the molecule is COCC1(C(=O)O)CCCN(C(=O)Cc2coc3cc(C)c(C)cc23)C1. The number of benzene rings is 1. The average molecular weight is 359 g/mol. The molecule has 140 valence electrons. The number of likely N-dealkylation sites (tertiary alicyclic amines) is 1. The molecule has 1 aliphatic heterocycles. The lowest BCUT2D eigenvalue weighted by Gasteiger charge is -2.39. The minimum absolute atomic E-state index is 0.0765. The van der Waals surface area contributed by atoms with Crippen molar-refractivity contribution in [2.75, 3.05) is 26.8 Å². The van der Waals surface area contributed by atoms with Crippen LogP contribution >= 0.6 is 0 Å². The van der Waals surface area contributed by atoms with Gasteiger partial charge in [-0.25, -0.2) is 0 Å². The number of ether oxygens (including phenoxy) is 1. The van der Waals surface area contributed by atoms with Gasteiger partial charge in [-0.2, -0.15) is 0 Å². The molecule has 1 atom stereocenters. The van der Waals surface area contributed by atoms with Gasteiger partial charge in [0.1, 0.15) is 11.0 Å². The first-order valence-electron chi connectivity index (χ1n) is 8.84. The summed E-state index contributed by atoms with van der Waals surface area (Å²) in [5.41, 5.74) is 2.89. The topological polar surface area (TPSA) is 80.0 Å². The first-order valence-corrected chi connectivity index (χ1v) is 8.84. The van der Waals surface area contributed by atoms with Crippen LogP contribution in [0.2, 0.25) is 0 Å². The molecule has 0 spiro atoms. The lowest BCUT2D eigenvalue weighted by atomic mass is 9.80. The molecule has 2 aromatic rings. The number of hydrogen-bond acceptors (Lipinski definition) is 4. The zero-order chi connectivity index (χ0) is 18.9. The van der Waals surface area contributed by atoms with Gasteiger partial charge in [0.15, 0.2) is 0 Å². The van der Waals surface area contributed by atoms with E-state index in [1.807, 2.05) is 26.0 Å². The van der Waals surface area contributed by atoms with Gasteiger partial charge in [-0.15, -0.1) is 0 Å². The normalized spacial score (nSPS) is 20.5. The van der Waals surface area contributed by atoms with E-state index in [0.717, 1.165) is 27.7 Å². The predicted octanol–water partition coefficient (Wildman–Crippen LogP) is 2.93. The number of nitrogens with zero attached hydrogens (tertiary/aromatic N) is 1. The van der Waals surface area contributed by atoms with E-state index >= 15 is 0 Å². The van der Waals surface area contributed by atoms with Gasteiger partial charge in [0.05, 0.1) is 19.3 Å². The highest BCUT2D eigenvalue weighted by Gasteiger charge is 2.43. The maximum absolute atomic E-state index is 12.8. The summed E-state index contributed by atoms with van der Waals surface area (Å²) in [7, 11) is 1.49. The number of methoxy groups -OCH3 is 1. The Labute approximate surface area is 152 Å². The molecule has 1 N–H and O–H groups in total. The van der Waals surface area contributed by atoms with E-state index in [2.05, 4.69) is 0 Å². The number of carbonyl (C=O) groups is 2. The van der Waals surface area contributed by atoms with Gasteiger partial charge in [0.2, 0.25) is 5.91 Å². The van der Waals surface area contributed by atoms with Gasteiger partial charge < -0.3 is 19.2 Å². The molecular weight excluding hydrogens is 334 g/mol. The zero-order valence-electron chi connectivity index (χ0n) is 15.5. The van der Waals surface area contributed by atoms with Crippen LogP contribution in [-0.2, 0) is 20.7 Å². The van der Waals surface area contributed by atoms with E-state index in [0.29, 0.717) is 19.4 Å². The van der Waals surface area contributed by atoms with Crippen molar-refractivity contribution in [2.24, 2.45) is 5.41 Å². The summed E-state index contributed by atoms with van der Waals surface area (Å²) in [6.07, 6.45) is 3.02. The Hall–Kier alpha value is -2.34. The van der Waals surface area contributed by atoms with Gasteiger partial charge in [0, 0.05) is 31.1 Å². The molecule has 6 nitrogen and oxygen atoms in total. The van der Waals surface area contributed by atoms with Crippen LogP contribution in [-0.4, -0.2) is 48.7 Å². The zero-order valence-corrected chi connectivity index (χ0v) is 15.5. The van der Waals surface area contributed by atoms with Crippen LogP contribution in [0.3, 0.4) is 0 Å². The Morgan fingerprint density at radius 3 is 2.73 bits per heavy atom. The molecule has 0 saturated carbocycles. The van der Waals surface area contributed by atoms with Gasteiger partial charge in [-0.3, -0.25) is 9.59 Å². The standard InChI is InChI=1S/C20H25NO5/c1-13-7-16-15(10-26-17(16)8-14(13)2)9-18(22)21-6-4-5-20(11-21,12-25-3)19(23)24/h7-8,10H,4-6,9,11-12H2,1-3H3,(H,23,24). The van der Waals surface area contributed by atoms with Crippen molar-refractivity contribution >= 4 is 22.8 Å². The summed E-state index contributed by atoms with van der Waals surface area (Å²) in [5, 5.41) is 10.6. The van der Waals surface area contributed by atoms with Crippen LogP contribution < -0.4 is 0 Å². The summed E-state index contributed by atoms with van der Waals surface area (Å²) < 4.78 is 10.7. The monoisotopic (exact) mass is 359 g/mol. The highest BCUT2D eigenvalue weighted by atomic mass is 16.5. The molecule has 2 heterocycles. The Balaban J connectivity index is 1.80. The van der Waals surface area contributed by atoms with Crippen molar-refractivity contribution in [1.82, 2.24) is 4.90 Å². The molecule has 1 aliphatic rings. The number of fused-ring (bicyclic) bond motifs is 1. The number of hydrogen-bond donors (Lipinski definition) is 1. The molecule has 3 rings (SSSR count). The molecule has 1 aromatic carbocycles. The number of furan rings is 1. The summed E-state index contributed by atoms with van der Waals surface area (Å²) >= 11 is 0. The van der Waals surface area contributed by atoms with E-state index < -0.39 is 11.4 Å². The largest absolute Gasteiger partial charge is 0.481 e. The fraction of sp³-hybridized carbons (Fsp3) is 0.500. The van der Waals surface area contributed by atoms with Crippen molar-refractivity contribution in [3.8, 4) is 0 Å². The first kappa shape index (κ1) is 18.5. The number of aliphatic carboxylic acids is 1. The van der Waals surface area contributed by atoms with E-state index in [-0.39, 0.29) is 25.5 Å². The predicted molar refractivity (Wildman–Crippen MR) is 97.2 cm³/mol. The molecule has 1 fully saturated rings. The van der Waals surface area contributed by atoms with E-state index in [4.69, 9.17) is 9.15 Å². The third kappa shape index (κ3) is 3.33. The van der Waals surface area contributed by atoms with Crippen LogP contribution in [0.15, 0.2) is 22.8 Å². The fourth-order valence-electron chi connectivity index (χ4n) is 3.72. The van der Waals surface area contributed by atoms with E-state index in [9.17, 15) is 14.7 Å². The van der Waals surface area contributed by atoms with Crippen LogP contribution in [0.5, 0.6) is 0 Å². The van der Waals surface area contributed by atoms with Crippen LogP contribution in [0.25, 0.3) is 11.0 Å². The minimum Gasteiger partial charge on any atom is -0.481 e. The summed E-state index contributed by atoms with van der Waals surface area (Å²) in [4.78, 5) is 26.2. The van der Waals surface area contributed by atoms with Gasteiger partial charge >= 0.3 is 5.97 Å². The highest BCUT2D eigenvalue weighted by Crippen LogP contribution is 2.32. The second-order valence-corrected chi connectivity index (χ2v) is 7.31. The lowest BCUT2D eigenvalue weighted by Crippen LogP contribution is -2.52. The molecule has 1 saturated heterocycles. The number of carboxylic acids is 1. The van der Waals surface area contributed by atoms with Crippen LogP contribution in [0, 0.1) is 19.3 Å². The maximum Gasteiger partial charge on any atom is 0.313 e. The van der Waals surface area contributed by atoms with Crippen molar-refractivity contribution in [1.29, 1.82) is 0 Å². The minimum atomic E-state index is -1.02. The molecule has 1 unspecified atom stereocenters. The molecule has 26 heavy (non-hydrogen) atoms. The Morgan fingerprint density at radius 1 is 1.31 bits per heavy atom. The number of rotatable bonds is 5. The quantitative estimate of drug-likeness (QED) is 0.888. The molecule has 0 radical (unpaired) electrons. The smallest absolute Gasteiger partial charge is 0.313 e. The number of carboxylic acid groups (broad SMARTS) is 1. The second kappa shape index (κ2) is 7.11. The Bertz CT molecular complexity index is 836. The van der Waals surface area contributed by atoms with Crippen molar-refractivity contribution in [2.45, 2.75) is 33.1 Å². The first-order chi connectivity index (χ1) is 12.4. The Morgan fingerprint density at radius 2 is 2.04 bits per heavy atom. The van der Waals surface area contributed by atoms with Crippen molar-refractivity contribution < 1.29 is 23.8 Å². The van der Waals surface area contributed by atoms with Crippen LogP contribution in [0.4, 0.5) is 0 Å². The highest BCUT2D eigenvalue weighted by molar-refractivity contribution is 5.89. The lowest BCUT2D eigenvalue weighted by molar-refractivity contribution is -0.159. The van der Waals surface area contributed by atoms with Crippen LogP contribution in [0.1, 0.15) is 29.5 Å². The molecule has 1 aromatic heterocycles. The van der Waals surface area contributed by atoms with Crippen molar-refractivity contribution in [3.05, 3.63) is 35.1 Å². The number of carbonyl (C=O) groups excluding carboxylic acids is 1. The van der Waals surface area contributed by atoms with Gasteiger partial charge in [-0.1, -0.05) is 0 Å².